The van der Waals surface area contributed by atoms with E-state index in [2.05, 4.69) is 9.71 Å². The molecule has 0 bridgehead atoms. The van der Waals surface area contributed by atoms with Gasteiger partial charge in [-0.25, -0.2) is 4.98 Å². The smallest absolute Gasteiger partial charge is 0.322 e. The second kappa shape index (κ2) is 5.99. The summed E-state index contributed by atoms with van der Waals surface area (Å²) in [5, 5.41) is 11.6. The lowest BCUT2D eigenvalue weighted by atomic mass is 10.1. The number of aliphatic carboxylic acids is 1. The van der Waals surface area contributed by atoms with Gasteiger partial charge in [-0.05, 0) is 33.1 Å². The highest BCUT2D eigenvalue weighted by atomic mass is 32.2. The van der Waals surface area contributed by atoms with Crippen molar-refractivity contribution in [1.29, 1.82) is 0 Å². The minimum atomic E-state index is -3.89. The number of nitrogens with one attached hydrogen (secondary N) is 1. The zero-order valence-electron chi connectivity index (χ0n) is 11.9. The number of carboxylic acids is 1. The molecule has 2 N–H and O–H groups in total. The van der Waals surface area contributed by atoms with E-state index in [0.29, 0.717) is 17.8 Å². The fraction of sp³-hybridized carbons (Fsp3) is 0.667. The molecule has 1 aliphatic rings. The largest absolute Gasteiger partial charge is 0.480 e. The summed E-state index contributed by atoms with van der Waals surface area (Å²) in [5.74, 6) is -1.10. The van der Waals surface area contributed by atoms with Crippen LogP contribution >= 0.6 is 11.3 Å². The number of nitrogens with zero attached hydrogens (tertiary/aromatic N) is 2. The lowest BCUT2D eigenvalue weighted by Crippen LogP contribution is -2.55. The number of carboxylic acid groups (broad SMARTS) is 1. The average Bonchev–Trinajstić information content (AvgIpc) is 2.92. The molecule has 0 amide bonds. The molecule has 9 heteroatoms. The molecule has 1 aromatic rings. The van der Waals surface area contributed by atoms with Gasteiger partial charge in [0, 0.05) is 18.1 Å². The molecule has 21 heavy (non-hydrogen) atoms. The summed E-state index contributed by atoms with van der Waals surface area (Å²) >= 11 is 1.35. The van der Waals surface area contributed by atoms with Crippen LogP contribution in [0.15, 0.2) is 11.6 Å². The van der Waals surface area contributed by atoms with E-state index in [1.165, 1.54) is 11.3 Å². The Morgan fingerprint density at radius 2 is 2.24 bits per heavy atom. The van der Waals surface area contributed by atoms with Gasteiger partial charge in [-0.15, -0.1) is 11.3 Å². The van der Waals surface area contributed by atoms with Crippen LogP contribution in [0.25, 0.3) is 0 Å². The first-order valence-electron chi connectivity index (χ1n) is 6.67. The minimum absolute atomic E-state index is 0.222. The fourth-order valence-electron chi connectivity index (χ4n) is 2.40. The Bertz CT molecular complexity index is 598. The van der Waals surface area contributed by atoms with Crippen molar-refractivity contribution in [2.75, 3.05) is 6.54 Å². The van der Waals surface area contributed by atoms with Crippen LogP contribution in [0.4, 0.5) is 0 Å². The molecule has 7 nitrogen and oxygen atoms in total. The van der Waals surface area contributed by atoms with E-state index in [-0.39, 0.29) is 6.54 Å². The van der Waals surface area contributed by atoms with Crippen molar-refractivity contribution in [2.24, 2.45) is 0 Å². The van der Waals surface area contributed by atoms with E-state index in [4.69, 9.17) is 0 Å². The van der Waals surface area contributed by atoms with Gasteiger partial charge in [-0.3, -0.25) is 4.79 Å². The molecule has 2 rings (SSSR count). The highest BCUT2D eigenvalue weighted by molar-refractivity contribution is 7.87. The molecule has 2 heterocycles. The van der Waals surface area contributed by atoms with Gasteiger partial charge in [-0.1, -0.05) is 0 Å². The summed E-state index contributed by atoms with van der Waals surface area (Å²) in [4.78, 5) is 15.4. The molecule has 1 aromatic heterocycles. The maximum Gasteiger partial charge on any atom is 0.322 e. The molecule has 0 aliphatic carbocycles. The van der Waals surface area contributed by atoms with E-state index >= 15 is 0 Å². The molecule has 1 unspecified atom stereocenters. The first-order valence-corrected chi connectivity index (χ1v) is 8.99. The van der Waals surface area contributed by atoms with Gasteiger partial charge in [-0.2, -0.15) is 17.4 Å². The third-order valence-corrected chi connectivity index (χ3v) is 6.32. The van der Waals surface area contributed by atoms with Gasteiger partial charge >= 0.3 is 5.97 Å². The molecule has 1 fully saturated rings. The van der Waals surface area contributed by atoms with Crippen LogP contribution in [0.1, 0.15) is 38.1 Å². The first-order chi connectivity index (χ1) is 9.74. The van der Waals surface area contributed by atoms with Gasteiger partial charge in [0.15, 0.2) is 0 Å². The van der Waals surface area contributed by atoms with E-state index in [1.54, 1.807) is 25.4 Å². The van der Waals surface area contributed by atoms with Gasteiger partial charge in [0.2, 0.25) is 0 Å². The molecule has 1 atom stereocenters. The van der Waals surface area contributed by atoms with Crippen LogP contribution in [-0.2, 0) is 20.5 Å². The van der Waals surface area contributed by atoms with Gasteiger partial charge in [0.1, 0.15) is 11.0 Å². The Balaban J connectivity index is 2.23. The van der Waals surface area contributed by atoms with Gasteiger partial charge < -0.3 is 5.11 Å². The third kappa shape index (κ3) is 3.60. The first kappa shape index (κ1) is 16.3. The third-order valence-electron chi connectivity index (χ3n) is 3.40. The fourth-order valence-corrected chi connectivity index (χ4v) is 4.94. The predicted octanol–water partition coefficient (Wildman–Crippen LogP) is 1.15. The van der Waals surface area contributed by atoms with E-state index in [9.17, 15) is 18.3 Å². The summed E-state index contributed by atoms with van der Waals surface area (Å²) in [5.41, 5.74) is -0.881. The van der Waals surface area contributed by atoms with Crippen molar-refractivity contribution in [3.63, 3.8) is 0 Å². The highest BCUT2D eigenvalue weighted by Crippen LogP contribution is 2.26. The molecular formula is C12H19N3O4S2. The van der Waals surface area contributed by atoms with Crippen molar-refractivity contribution >= 4 is 27.5 Å². The van der Waals surface area contributed by atoms with Gasteiger partial charge in [0.05, 0.1) is 5.54 Å². The Morgan fingerprint density at radius 1 is 1.52 bits per heavy atom. The molecule has 1 aliphatic heterocycles. The quantitative estimate of drug-likeness (QED) is 0.842. The monoisotopic (exact) mass is 333 g/mol. The topological polar surface area (TPSA) is 99.6 Å². The number of hydrogen-bond donors (Lipinski definition) is 2. The number of hydrogen-bond acceptors (Lipinski definition) is 5. The highest BCUT2D eigenvalue weighted by Gasteiger charge is 2.40. The molecule has 0 spiro atoms. The summed E-state index contributed by atoms with van der Waals surface area (Å²) in [6, 6.07) is -0.997. The molecule has 1 saturated heterocycles. The second-order valence-corrected chi connectivity index (χ2v) is 8.05. The second-order valence-electron chi connectivity index (χ2n) is 5.53. The number of thiazole rings is 1. The Hall–Kier alpha value is -1.03. The average molecular weight is 333 g/mol. The maximum absolute atomic E-state index is 12.5. The summed E-state index contributed by atoms with van der Waals surface area (Å²) in [7, 11) is -3.89. The zero-order valence-corrected chi connectivity index (χ0v) is 13.6. The van der Waals surface area contributed by atoms with Gasteiger partial charge in [0.25, 0.3) is 10.2 Å². The molecule has 0 aromatic carbocycles. The number of piperidine rings is 1. The number of aromatic nitrogens is 1. The van der Waals surface area contributed by atoms with E-state index < -0.39 is 27.8 Å². The van der Waals surface area contributed by atoms with Crippen LogP contribution in [0, 0.1) is 0 Å². The standard InChI is InChI=1S/C12H19N3O4S2/c1-12(2,11-13-6-8-20-11)14-21(18,19)15-7-4-3-5-9(15)10(16)17/h6,8-9,14H,3-5,7H2,1-2H3,(H,16,17). The van der Waals surface area contributed by atoms with Crippen molar-refractivity contribution in [3.8, 4) is 0 Å². The van der Waals surface area contributed by atoms with E-state index in [1.807, 2.05) is 0 Å². The molecular weight excluding hydrogens is 314 g/mol. The maximum atomic E-state index is 12.5. The number of rotatable bonds is 5. The Morgan fingerprint density at radius 3 is 2.81 bits per heavy atom. The van der Waals surface area contributed by atoms with Crippen molar-refractivity contribution in [3.05, 3.63) is 16.6 Å². The van der Waals surface area contributed by atoms with Crippen molar-refractivity contribution in [1.82, 2.24) is 14.0 Å². The van der Waals surface area contributed by atoms with Crippen LogP contribution in [-0.4, -0.2) is 41.4 Å². The Labute approximate surface area is 128 Å². The SMILES string of the molecule is CC(C)(NS(=O)(=O)N1CCCCC1C(=O)O)c1nccs1. The predicted molar refractivity (Wildman–Crippen MR) is 79.2 cm³/mol. The van der Waals surface area contributed by atoms with Crippen LogP contribution in [0.2, 0.25) is 0 Å². The Kier molecular flexibility index (Phi) is 4.66. The van der Waals surface area contributed by atoms with Crippen LogP contribution in [0.5, 0.6) is 0 Å². The number of carbonyl (C=O) groups is 1. The molecule has 0 saturated carbocycles. The zero-order chi connectivity index (χ0) is 15.7. The summed E-state index contributed by atoms with van der Waals surface area (Å²) < 4.78 is 28.7. The van der Waals surface area contributed by atoms with Crippen LogP contribution < -0.4 is 4.72 Å². The van der Waals surface area contributed by atoms with Crippen molar-refractivity contribution in [2.45, 2.75) is 44.7 Å². The molecule has 118 valence electrons. The van der Waals surface area contributed by atoms with E-state index in [0.717, 1.165) is 10.7 Å². The molecule has 0 radical (unpaired) electrons. The summed E-state index contributed by atoms with van der Waals surface area (Å²) in [6.45, 7) is 3.65. The van der Waals surface area contributed by atoms with Crippen molar-refractivity contribution < 1.29 is 18.3 Å². The summed E-state index contributed by atoms with van der Waals surface area (Å²) in [6.07, 6.45) is 3.34. The lowest BCUT2D eigenvalue weighted by molar-refractivity contribution is -0.142. The lowest BCUT2D eigenvalue weighted by Gasteiger charge is -2.34. The van der Waals surface area contributed by atoms with Crippen LogP contribution in [0.3, 0.4) is 0 Å². The minimum Gasteiger partial charge on any atom is -0.480 e. The normalized spacial score (nSPS) is 21.3.